The SMILES string of the molecule is C#CC(SCCC(=O)N1CC[C@@H](O)C1)(C(=O)[C@H](CC(=O)O)NC(=O)[C@H](CCCCNC(=N)N)NC(=O)CNC(=O)CCOCCOCCOCCN(CCOCCOCCOCCn1cc(CCC(=O)NCCCCC)nn1)CCOCCOCCOCCn1cc(CCC(=O)NCCCCC)nn1)C(C)CCC(C)C. The second-order valence-corrected chi connectivity index (χ2v) is 28.9. The summed E-state index contributed by atoms with van der Waals surface area (Å²) in [7, 11) is 0. The number of carboxylic acid groups (broad SMARTS) is 1. The second-order valence-electron chi connectivity index (χ2n) is 27.6. The molecular formula is C75H132N16O19S. The first-order chi connectivity index (χ1) is 53.7. The lowest BCUT2D eigenvalue weighted by molar-refractivity contribution is -0.141. The average molecular weight is 1590 g/mol. The topological polar surface area (TPSA) is 450 Å². The summed E-state index contributed by atoms with van der Waals surface area (Å²) in [6.07, 6.45) is 18.9. The highest BCUT2D eigenvalue weighted by Crippen LogP contribution is 2.39. The molecule has 35 nitrogen and oxygen atoms in total. The number of aryl methyl sites for hydroxylation is 2. The zero-order valence-electron chi connectivity index (χ0n) is 66.7. The van der Waals surface area contributed by atoms with E-state index in [0.717, 1.165) is 61.7 Å². The van der Waals surface area contributed by atoms with E-state index in [1.807, 2.05) is 26.2 Å². The summed E-state index contributed by atoms with van der Waals surface area (Å²) < 4.78 is 53.7. The minimum absolute atomic E-state index is 0.00463. The van der Waals surface area contributed by atoms with E-state index in [-0.39, 0.29) is 87.5 Å². The molecule has 1 fully saturated rings. The number of rotatable bonds is 72. The third-order valence-electron chi connectivity index (χ3n) is 17.8. The molecule has 6 amide bonds. The van der Waals surface area contributed by atoms with Gasteiger partial charge in [-0.3, -0.25) is 48.7 Å². The van der Waals surface area contributed by atoms with Crippen molar-refractivity contribution in [2.45, 2.75) is 193 Å². The lowest BCUT2D eigenvalue weighted by atomic mass is 9.81. The van der Waals surface area contributed by atoms with Crippen molar-refractivity contribution < 1.29 is 91.2 Å². The number of nitrogens with zero attached hydrogens (tertiary/aromatic N) is 8. The minimum atomic E-state index is -1.66. The molecular weight excluding hydrogens is 1460 g/mol. The number of nitrogens with two attached hydrogens (primary N) is 1. The van der Waals surface area contributed by atoms with Crippen molar-refractivity contribution in [1.82, 2.24) is 71.7 Å². The summed E-state index contributed by atoms with van der Waals surface area (Å²) in [5.74, 6) is -2.19. The molecule has 11 N–H and O–H groups in total. The van der Waals surface area contributed by atoms with Crippen LogP contribution >= 0.6 is 11.8 Å². The van der Waals surface area contributed by atoms with Crippen molar-refractivity contribution >= 4 is 64.9 Å². The van der Waals surface area contributed by atoms with Crippen LogP contribution in [0.5, 0.6) is 0 Å². The number of ether oxygens (including phenoxy) is 9. The van der Waals surface area contributed by atoms with Gasteiger partial charge in [-0.2, -0.15) is 0 Å². The molecule has 0 radical (unpaired) electrons. The van der Waals surface area contributed by atoms with Gasteiger partial charge in [-0.25, -0.2) is 9.36 Å². The molecule has 5 atom stereocenters. The molecule has 1 saturated heterocycles. The van der Waals surface area contributed by atoms with Crippen LogP contribution in [0, 0.1) is 29.6 Å². The number of nitrogens with one attached hydrogen (secondary N) is 7. The molecule has 632 valence electrons. The molecule has 111 heavy (non-hydrogen) atoms. The molecule has 0 aliphatic carbocycles. The van der Waals surface area contributed by atoms with Gasteiger partial charge in [0.15, 0.2) is 11.7 Å². The van der Waals surface area contributed by atoms with Crippen molar-refractivity contribution in [2.75, 3.05) is 184 Å². The Morgan fingerprint density at radius 1 is 0.604 bits per heavy atom. The summed E-state index contributed by atoms with van der Waals surface area (Å²) in [5, 5.41) is 60.4. The molecule has 1 aliphatic rings. The number of ketones is 1. The molecule has 3 heterocycles. The first kappa shape index (κ1) is 98.2. The van der Waals surface area contributed by atoms with E-state index in [1.165, 1.54) is 0 Å². The highest BCUT2D eigenvalue weighted by Gasteiger charge is 2.47. The second kappa shape index (κ2) is 62.4. The third kappa shape index (κ3) is 48.0. The van der Waals surface area contributed by atoms with Crippen molar-refractivity contribution in [2.24, 2.45) is 17.6 Å². The summed E-state index contributed by atoms with van der Waals surface area (Å²) in [4.78, 5) is 109. The first-order valence-electron chi connectivity index (χ1n) is 39.7. The highest BCUT2D eigenvalue weighted by molar-refractivity contribution is 8.01. The molecule has 2 aromatic heterocycles. The fraction of sp³-hybridized carbons (Fsp3) is 0.800. The van der Waals surface area contributed by atoms with E-state index >= 15 is 0 Å². The number of aliphatic carboxylic acids is 1. The lowest BCUT2D eigenvalue weighted by Crippen LogP contribution is -2.57. The van der Waals surface area contributed by atoms with E-state index < -0.39 is 71.3 Å². The van der Waals surface area contributed by atoms with Gasteiger partial charge in [-0.1, -0.05) is 83.1 Å². The van der Waals surface area contributed by atoms with Gasteiger partial charge in [0, 0.05) is 109 Å². The number of carbonyl (C=O) groups is 8. The van der Waals surface area contributed by atoms with Gasteiger partial charge in [0.2, 0.25) is 35.4 Å². The van der Waals surface area contributed by atoms with E-state index in [4.69, 9.17) is 60.2 Å². The number of β-amino-alcohol motifs (C(OH)–C–C–N with tert-alkyl or cyclic N) is 1. The molecule has 0 aromatic carbocycles. The molecule has 2 aromatic rings. The Balaban J connectivity index is 1.40. The molecule has 3 rings (SSSR count). The maximum atomic E-state index is 14.8. The van der Waals surface area contributed by atoms with Crippen molar-refractivity contribution in [3.05, 3.63) is 23.8 Å². The van der Waals surface area contributed by atoms with Crippen LogP contribution in [0.3, 0.4) is 0 Å². The number of Topliss-reactive ketones (excluding diaryl/α,β-unsaturated/α-hetero) is 1. The van der Waals surface area contributed by atoms with Gasteiger partial charge in [-0.05, 0) is 56.8 Å². The number of unbranched alkanes of at least 4 members (excludes halogenated alkanes) is 5. The van der Waals surface area contributed by atoms with Crippen molar-refractivity contribution in [3.63, 3.8) is 0 Å². The Morgan fingerprint density at radius 2 is 1.07 bits per heavy atom. The van der Waals surface area contributed by atoms with Gasteiger partial charge in [0.1, 0.15) is 16.8 Å². The quantitative estimate of drug-likeness (QED) is 0.0195. The molecule has 0 spiro atoms. The van der Waals surface area contributed by atoms with Crippen LogP contribution in [0.25, 0.3) is 0 Å². The largest absolute Gasteiger partial charge is 0.481 e. The van der Waals surface area contributed by atoms with Crippen LogP contribution in [-0.4, -0.2) is 310 Å². The number of carbonyl (C=O) groups excluding carboxylic acids is 7. The van der Waals surface area contributed by atoms with Crippen molar-refractivity contribution in [3.8, 4) is 12.3 Å². The van der Waals surface area contributed by atoms with Gasteiger partial charge < -0.3 is 95.4 Å². The minimum Gasteiger partial charge on any atom is -0.481 e. The molecule has 0 saturated carbocycles. The summed E-state index contributed by atoms with van der Waals surface area (Å²) >= 11 is 1.05. The average Bonchev–Trinajstić information content (AvgIpc) is 1.55. The highest BCUT2D eigenvalue weighted by atomic mass is 32.2. The summed E-state index contributed by atoms with van der Waals surface area (Å²) in [5.41, 5.74) is 6.96. The number of amides is 6. The fourth-order valence-electron chi connectivity index (χ4n) is 11.3. The molecule has 36 heteroatoms. The Labute approximate surface area is 660 Å². The van der Waals surface area contributed by atoms with E-state index in [0.29, 0.717) is 209 Å². The zero-order chi connectivity index (χ0) is 81.0. The number of thioether (sulfide) groups is 1. The predicted molar refractivity (Wildman–Crippen MR) is 417 cm³/mol. The third-order valence-corrected chi connectivity index (χ3v) is 19.4. The predicted octanol–water partition coefficient (Wildman–Crippen LogP) is 1.83. The number of hydrogen-bond acceptors (Lipinski definition) is 25. The van der Waals surface area contributed by atoms with Gasteiger partial charge >= 0.3 is 5.97 Å². The monoisotopic (exact) mass is 1590 g/mol. The van der Waals surface area contributed by atoms with E-state index in [2.05, 4.69) is 77.2 Å². The van der Waals surface area contributed by atoms with Crippen LogP contribution < -0.4 is 37.6 Å². The number of aromatic nitrogens is 6. The Morgan fingerprint density at radius 3 is 1.53 bits per heavy atom. The Bertz CT molecular complexity index is 2860. The van der Waals surface area contributed by atoms with Crippen LogP contribution in [0.15, 0.2) is 12.4 Å². The number of terminal acetylenes is 1. The molecule has 2 unspecified atom stereocenters. The Hall–Kier alpha value is -7.02. The molecule has 0 bridgehead atoms. The number of guanidine groups is 1. The van der Waals surface area contributed by atoms with E-state index in [1.54, 1.807) is 21.2 Å². The van der Waals surface area contributed by atoms with Crippen LogP contribution in [0.4, 0.5) is 0 Å². The lowest BCUT2D eigenvalue weighted by Gasteiger charge is -2.36. The summed E-state index contributed by atoms with van der Waals surface area (Å²) in [6.45, 7) is 21.1. The van der Waals surface area contributed by atoms with Crippen molar-refractivity contribution in [1.29, 1.82) is 5.41 Å². The van der Waals surface area contributed by atoms with Gasteiger partial charge in [0.05, 0.1) is 162 Å². The number of hydrogen-bond donors (Lipinski definition) is 10. The number of aliphatic hydroxyl groups is 1. The van der Waals surface area contributed by atoms with Crippen LogP contribution in [0.2, 0.25) is 0 Å². The fourth-order valence-corrected chi connectivity index (χ4v) is 12.7. The maximum absolute atomic E-state index is 14.8. The Kier molecular flexibility index (Phi) is 55.2. The van der Waals surface area contributed by atoms with Gasteiger partial charge in [0.25, 0.3) is 0 Å². The maximum Gasteiger partial charge on any atom is 0.305 e. The number of aliphatic hydroxyl groups excluding tert-OH is 1. The van der Waals surface area contributed by atoms with Gasteiger partial charge in [-0.15, -0.1) is 28.4 Å². The van der Waals surface area contributed by atoms with Crippen LogP contribution in [-0.2, 0) is 107 Å². The normalized spacial score (nSPS) is 14.2. The smallest absolute Gasteiger partial charge is 0.305 e. The first-order valence-corrected chi connectivity index (χ1v) is 40.7. The standard InChI is InChI=1S/C75H132N16O19S/c1-7-10-13-26-78-66(93)21-19-61-56-90(86-84-61)33-39-106-45-51-109-49-43-104-37-31-88(32-38-105-44-50-110-52-46-107-40-34-91-57-62(85-87-91)20-22-67(94)79-27-14-11-8-2)30-36-103-42-48-108-47-41-102-35-24-68(95)81-55-69(96)82-64(16-12-15-28-80-74(76)77)73(101)83-65(54-71(98)99)72(100)75(9-3,60(6)18-17-59(4)5)111-53-25-70(97)89-29-23-63(92)58-89/h3,56-57,59-60,63-65,92H,7-8,10-55,58H2,1-2,4-6H3,(H,78,93)(H,79,94)(H,81,95)(H,82,96)(H,83,101)(H,98,99)(H4,76,77,80)/t60?,63-,64+,65+,75?/m1/s1. The molecule has 1 aliphatic heterocycles. The number of likely N-dealkylation sites (tertiary alicyclic amines) is 1. The zero-order valence-corrected chi connectivity index (χ0v) is 67.5. The number of carboxylic acids is 1. The summed E-state index contributed by atoms with van der Waals surface area (Å²) in [6, 6.07) is -2.92. The van der Waals surface area contributed by atoms with E-state index in [9.17, 15) is 48.6 Å². The van der Waals surface area contributed by atoms with Crippen LogP contribution in [0.1, 0.15) is 155 Å².